The van der Waals surface area contributed by atoms with Crippen LogP contribution in [0.5, 0.6) is 0 Å². The van der Waals surface area contributed by atoms with Gasteiger partial charge in [0.25, 0.3) is 0 Å². The molecule has 0 spiro atoms. The van der Waals surface area contributed by atoms with Gasteiger partial charge in [-0.05, 0) is 51.0 Å². The molecule has 1 saturated carbocycles. The lowest BCUT2D eigenvalue weighted by Crippen LogP contribution is -2.30. The van der Waals surface area contributed by atoms with Gasteiger partial charge in [0.05, 0.1) is 6.33 Å². The first kappa shape index (κ1) is 13.2. The molecule has 3 nitrogen and oxygen atoms in total. The Morgan fingerprint density at radius 2 is 2.11 bits per heavy atom. The fourth-order valence-electron chi connectivity index (χ4n) is 3.87. The zero-order valence-electron chi connectivity index (χ0n) is 12.1. The highest BCUT2D eigenvalue weighted by atomic mass is 15.1. The van der Waals surface area contributed by atoms with Crippen LogP contribution in [0.15, 0.2) is 12.5 Å². The van der Waals surface area contributed by atoms with Gasteiger partial charge in [-0.3, -0.25) is 0 Å². The van der Waals surface area contributed by atoms with Crippen LogP contribution in [0, 0.1) is 5.92 Å². The maximum Gasteiger partial charge on any atom is 0.0950 e. The van der Waals surface area contributed by atoms with Crippen molar-refractivity contribution in [3.63, 3.8) is 0 Å². The van der Waals surface area contributed by atoms with Gasteiger partial charge in [0.1, 0.15) is 0 Å². The minimum atomic E-state index is 0.681. The second-order valence-electron chi connectivity index (χ2n) is 6.35. The summed E-state index contributed by atoms with van der Waals surface area (Å²) in [4.78, 5) is 4.45. The van der Waals surface area contributed by atoms with E-state index in [2.05, 4.69) is 34.3 Å². The van der Waals surface area contributed by atoms with Crippen molar-refractivity contribution in [1.82, 2.24) is 14.9 Å². The fourth-order valence-corrected chi connectivity index (χ4v) is 3.87. The molecule has 1 N–H and O–H groups in total. The summed E-state index contributed by atoms with van der Waals surface area (Å²) in [5.74, 6) is 1.65. The molecule has 0 bridgehead atoms. The van der Waals surface area contributed by atoms with Crippen molar-refractivity contribution in [3.05, 3.63) is 18.2 Å². The number of aromatic nitrogens is 2. The van der Waals surface area contributed by atoms with E-state index in [0.717, 1.165) is 12.5 Å². The molecule has 19 heavy (non-hydrogen) atoms. The molecule has 0 radical (unpaired) electrons. The van der Waals surface area contributed by atoms with E-state index < -0.39 is 0 Å². The number of nitrogens with zero attached hydrogens (tertiary/aromatic N) is 2. The molecule has 3 rings (SSSR count). The maximum absolute atomic E-state index is 4.45. The number of hydrogen-bond acceptors (Lipinski definition) is 2. The summed E-state index contributed by atoms with van der Waals surface area (Å²) >= 11 is 0. The Balaban J connectivity index is 1.69. The second kappa shape index (κ2) is 6.08. The number of piperidine rings is 1. The van der Waals surface area contributed by atoms with Crippen LogP contribution >= 0.6 is 0 Å². The van der Waals surface area contributed by atoms with Crippen molar-refractivity contribution in [3.8, 4) is 0 Å². The van der Waals surface area contributed by atoms with Crippen LogP contribution in [0.25, 0.3) is 0 Å². The molecule has 3 heteroatoms. The van der Waals surface area contributed by atoms with Gasteiger partial charge in [-0.15, -0.1) is 0 Å². The van der Waals surface area contributed by atoms with Crippen LogP contribution in [-0.4, -0.2) is 22.6 Å². The van der Waals surface area contributed by atoms with Crippen LogP contribution in [0.3, 0.4) is 0 Å². The molecule has 0 amide bonds. The number of hydrogen-bond donors (Lipinski definition) is 1. The van der Waals surface area contributed by atoms with Crippen molar-refractivity contribution in [2.45, 2.75) is 63.8 Å². The third-order valence-electron chi connectivity index (χ3n) is 5.20. The first-order valence-corrected chi connectivity index (χ1v) is 8.11. The minimum absolute atomic E-state index is 0.681. The van der Waals surface area contributed by atoms with E-state index in [0.29, 0.717) is 12.0 Å². The van der Waals surface area contributed by atoms with Crippen molar-refractivity contribution < 1.29 is 0 Å². The number of rotatable bonds is 3. The van der Waals surface area contributed by atoms with Crippen LogP contribution < -0.4 is 5.32 Å². The van der Waals surface area contributed by atoms with E-state index in [1.165, 1.54) is 57.2 Å². The van der Waals surface area contributed by atoms with Gasteiger partial charge < -0.3 is 9.88 Å². The standard InChI is InChI=1S/C16H27N3/c1-2-13-5-7-15(8-6-13)19-12-18-11-16(19)14-4-3-9-17-10-14/h11-15,17H,2-10H2,1H3. The Hall–Kier alpha value is -0.830. The zero-order chi connectivity index (χ0) is 13.1. The average molecular weight is 261 g/mol. The molecular formula is C16H27N3. The summed E-state index contributed by atoms with van der Waals surface area (Å²) in [6.45, 7) is 4.66. The Kier molecular flexibility index (Phi) is 4.21. The van der Waals surface area contributed by atoms with Gasteiger partial charge in [0.15, 0.2) is 0 Å². The summed E-state index contributed by atoms with van der Waals surface area (Å²) in [5.41, 5.74) is 1.48. The Morgan fingerprint density at radius 1 is 1.26 bits per heavy atom. The molecule has 0 aromatic carbocycles. The molecule has 1 atom stereocenters. The number of imidazole rings is 1. The number of nitrogens with one attached hydrogen (secondary N) is 1. The van der Waals surface area contributed by atoms with E-state index in [1.807, 2.05) is 0 Å². The molecule has 2 fully saturated rings. The second-order valence-corrected chi connectivity index (χ2v) is 6.35. The highest BCUT2D eigenvalue weighted by molar-refractivity contribution is 5.10. The van der Waals surface area contributed by atoms with E-state index in [1.54, 1.807) is 0 Å². The molecular weight excluding hydrogens is 234 g/mol. The van der Waals surface area contributed by atoms with Gasteiger partial charge in [0, 0.05) is 30.4 Å². The van der Waals surface area contributed by atoms with Gasteiger partial charge in [-0.25, -0.2) is 4.98 Å². The molecule has 1 aromatic heterocycles. The minimum Gasteiger partial charge on any atom is -0.331 e. The smallest absolute Gasteiger partial charge is 0.0950 e. The van der Waals surface area contributed by atoms with E-state index >= 15 is 0 Å². The predicted molar refractivity (Wildman–Crippen MR) is 78.4 cm³/mol. The largest absolute Gasteiger partial charge is 0.331 e. The van der Waals surface area contributed by atoms with Crippen LogP contribution in [0.4, 0.5) is 0 Å². The van der Waals surface area contributed by atoms with Gasteiger partial charge in [-0.2, -0.15) is 0 Å². The topological polar surface area (TPSA) is 29.9 Å². The molecule has 2 aliphatic rings. The van der Waals surface area contributed by atoms with Gasteiger partial charge in [0.2, 0.25) is 0 Å². The lowest BCUT2D eigenvalue weighted by Gasteiger charge is -2.32. The molecule has 1 aliphatic heterocycles. The Bertz CT molecular complexity index is 384. The zero-order valence-corrected chi connectivity index (χ0v) is 12.1. The van der Waals surface area contributed by atoms with Crippen LogP contribution in [0.1, 0.15) is 69.5 Å². The molecule has 106 valence electrons. The highest BCUT2D eigenvalue weighted by Crippen LogP contribution is 2.36. The molecule has 2 heterocycles. The van der Waals surface area contributed by atoms with Gasteiger partial charge in [-0.1, -0.05) is 13.3 Å². The molecule has 1 unspecified atom stereocenters. The quantitative estimate of drug-likeness (QED) is 0.902. The van der Waals surface area contributed by atoms with Crippen molar-refractivity contribution in [2.24, 2.45) is 5.92 Å². The van der Waals surface area contributed by atoms with Crippen molar-refractivity contribution in [2.75, 3.05) is 13.1 Å². The third-order valence-corrected chi connectivity index (χ3v) is 5.20. The van der Waals surface area contributed by atoms with Crippen molar-refractivity contribution >= 4 is 0 Å². The maximum atomic E-state index is 4.45. The van der Waals surface area contributed by atoms with E-state index in [9.17, 15) is 0 Å². The van der Waals surface area contributed by atoms with E-state index in [4.69, 9.17) is 0 Å². The van der Waals surface area contributed by atoms with Crippen LogP contribution in [0.2, 0.25) is 0 Å². The normalized spacial score (nSPS) is 32.4. The van der Waals surface area contributed by atoms with Crippen LogP contribution in [-0.2, 0) is 0 Å². The summed E-state index contributed by atoms with van der Waals surface area (Å²) in [6, 6.07) is 0.710. The highest BCUT2D eigenvalue weighted by Gasteiger charge is 2.25. The molecule has 1 saturated heterocycles. The van der Waals surface area contributed by atoms with Crippen molar-refractivity contribution in [1.29, 1.82) is 0 Å². The molecule has 1 aliphatic carbocycles. The van der Waals surface area contributed by atoms with Gasteiger partial charge >= 0.3 is 0 Å². The summed E-state index contributed by atoms with van der Waals surface area (Å²) in [5, 5.41) is 3.53. The SMILES string of the molecule is CCC1CCC(n2cncc2C2CCCNC2)CC1. The third kappa shape index (κ3) is 2.86. The lowest BCUT2D eigenvalue weighted by atomic mass is 9.84. The van der Waals surface area contributed by atoms with E-state index in [-0.39, 0.29) is 0 Å². The molecule has 1 aromatic rings. The monoisotopic (exact) mass is 261 g/mol. The summed E-state index contributed by atoms with van der Waals surface area (Å²) < 4.78 is 2.50. The Labute approximate surface area is 116 Å². The lowest BCUT2D eigenvalue weighted by molar-refractivity contribution is 0.262. The first-order chi connectivity index (χ1) is 9.38. The first-order valence-electron chi connectivity index (χ1n) is 8.11. The predicted octanol–water partition coefficient (Wildman–Crippen LogP) is 3.49. The average Bonchev–Trinajstić information content (AvgIpc) is 2.98. The summed E-state index contributed by atoms with van der Waals surface area (Å²) in [7, 11) is 0. The summed E-state index contributed by atoms with van der Waals surface area (Å²) in [6.07, 6.45) is 13.7. The fraction of sp³-hybridized carbons (Fsp3) is 0.812. The Morgan fingerprint density at radius 3 is 2.79 bits per heavy atom.